The quantitative estimate of drug-likeness (QED) is 0.153. The third-order valence-electron chi connectivity index (χ3n) is 7.11. The summed E-state index contributed by atoms with van der Waals surface area (Å²) in [5, 5.41) is 16.2. The van der Waals surface area contributed by atoms with Gasteiger partial charge in [0.25, 0.3) is 5.91 Å². The van der Waals surface area contributed by atoms with Crippen LogP contribution in [-0.2, 0) is 14.3 Å². The number of hydrogen-bond acceptors (Lipinski definition) is 9. The molecule has 1 aliphatic carbocycles. The summed E-state index contributed by atoms with van der Waals surface area (Å²) in [6.45, 7) is 4.50. The summed E-state index contributed by atoms with van der Waals surface area (Å²) in [4.78, 5) is 55.3. The average Bonchev–Trinajstić information content (AvgIpc) is 3.73. The summed E-state index contributed by atoms with van der Waals surface area (Å²) in [7, 11) is 0. The molecular formula is C33H36F4N4O9. The van der Waals surface area contributed by atoms with Crippen molar-refractivity contribution in [3.05, 3.63) is 65.1 Å². The Kier molecular flexibility index (Phi) is 11.6. The van der Waals surface area contributed by atoms with Gasteiger partial charge in [0.15, 0.2) is 23.0 Å². The molecule has 1 heterocycles. The van der Waals surface area contributed by atoms with E-state index in [9.17, 15) is 41.8 Å². The molecule has 1 aliphatic rings. The summed E-state index contributed by atoms with van der Waals surface area (Å²) >= 11 is 0. The molecular weight excluding hydrogens is 672 g/mol. The van der Waals surface area contributed by atoms with Crippen molar-refractivity contribution in [2.45, 2.75) is 77.8 Å². The molecule has 4 N–H and O–H groups in total. The van der Waals surface area contributed by atoms with E-state index in [1.165, 1.54) is 25.1 Å². The van der Waals surface area contributed by atoms with Gasteiger partial charge in [-0.1, -0.05) is 6.07 Å². The molecule has 4 rings (SSSR count). The first-order chi connectivity index (χ1) is 23.4. The first-order valence-electron chi connectivity index (χ1n) is 15.4. The first-order valence-corrected chi connectivity index (χ1v) is 15.4. The van der Waals surface area contributed by atoms with Crippen molar-refractivity contribution in [1.82, 2.24) is 20.9 Å². The molecule has 1 unspecified atom stereocenters. The number of hydrogen-bond donors (Lipinski definition) is 4. The molecule has 3 aromatic rings. The van der Waals surface area contributed by atoms with Crippen molar-refractivity contribution in [2.24, 2.45) is 5.92 Å². The molecule has 0 bridgehead atoms. The lowest BCUT2D eigenvalue weighted by molar-refractivity contribution is -0.141. The number of carboxylic acids is 1. The summed E-state index contributed by atoms with van der Waals surface area (Å²) in [6, 6.07) is 1.52. The van der Waals surface area contributed by atoms with Gasteiger partial charge >= 0.3 is 18.7 Å². The van der Waals surface area contributed by atoms with Crippen LogP contribution in [0.25, 0.3) is 11.5 Å². The fraction of sp³-hybridized carbons (Fsp3) is 0.424. The van der Waals surface area contributed by atoms with Crippen LogP contribution in [0.5, 0.6) is 11.5 Å². The molecule has 1 aromatic heterocycles. The summed E-state index contributed by atoms with van der Waals surface area (Å²) in [6.07, 6.45) is 0.919. The maximum Gasteiger partial charge on any atom is 0.408 e. The molecule has 50 heavy (non-hydrogen) atoms. The number of carboxylic acid groups (broad SMARTS) is 1. The molecule has 13 nitrogen and oxygen atoms in total. The number of carbonyl (C=O) groups is 4. The fourth-order valence-electron chi connectivity index (χ4n) is 4.48. The van der Waals surface area contributed by atoms with E-state index in [1.54, 1.807) is 20.8 Å². The predicted octanol–water partition coefficient (Wildman–Crippen LogP) is 5.66. The summed E-state index contributed by atoms with van der Waals surface area (Å²) in [5.41, 5.74) is -1.78. The molecule has 1 fully saturated rings. The predicted molar refractivity (Wildman–Crippen MR) is 166 cm³/mol. The van der Waals surface area contributed by atoms with Crippen molar-refractivity contribution in [1.29, 1.82) is 0 Å². The number of aliphatic carboxylic acids is 1. The highest BCUT2D eigenvalue weighted by Crippen LogP contribution is 2.37. The summed E-state index contributed by atoms with van der Waals surface area (Å²) in [5.74, 6) is -6.54. The van der Waals surface area contributed by atoms with Crippen LogP contribution in [0.2, 0.25) is 0 Å². The number of ether oxygens (including phenoxy) is 3. The van der Waals surface area contributed by atoms with Crippen molar-refractivity contribution in [2.75, 3.05) is 6.61 Å². The average molecular weight is 709 g/mol. The van der Waals surface area contributed by atoms with Crippen molar-refractivity contribution < 1.29 is 60.5 Å². The van der Waals surface area contributed by atoms with Crippen LogP contribution in [0.15, 0.2) is 40.8 Å². The number of amides is 3. The molecule has 0 aliphatic heterocycles. The largest absolute Gasteiger partial charge is 0.489 e. The SMILES string of the molecule is C[C@H](NC(=O)C(NC(=O)c1nc(-c2ccc(OC(F)F)c(OCC3CC3)c2)oc1[C@H](C)NC(=O)OC(C)(C)C)c1ccc(F)cc1F)C(=O)O. The van der Waals surface area contributed by atoms with E-state index in [0.29, 0.717) is 6.07 Å². The first kappa shape index (κ1) is 37.5. The summed E-state index contributed by atoms with van der Waals surface area (Å²) < 4.78 is 76.4. The minimum absolute atomic E-state index is 0.0588. The zero-order valence-corrected chi connectivity index (χ0v) is 27.6. The van der Waals surface area contributed by atoms with Gasteiger partial charge in [-0.15, -0.1) is 0 Å². The Hall–Kier alpha value is -5.35. The zero-order chi connectivity index (χ0) is 36.9. The number of halogens is 4. The van der Waals surface area contributed by atoms with Crippen molar-refractivity contribution in [3.8, 4) is 23.0 Å². The second-order valence-corrected chi connectivity index (χ2v) is 12.5. The van der Waals surface area contributed by atoms with E-state index in [1.807, 2.05) is 0 Å². The highest BCUT2D eigenvalue weighted by Gasteiger charge is 2.33. The monoisotopic (exact) mass is 708 g/mol. The van der Waals surface area contributed by atoms with Crippen molar-refractivity contribution in [3.63, 3.8) is 0 Å². The molecule has 270 valence electrons. The number of carbonyl (C=O) groups excluding carboxylic acids is 3. The Morgan fingerprint density at radius 2 is 1.70 bits per heavy atom. The van der Waals surface area contributed by atoms with Crippen LogP contribution >= 0.6 is 0 Å². The van der Waals surface area contributed by atoms with Crippen LogP contribution in [0.3, 0.4) is 0 Å². The number of nitrogens with one attached hydrogen (secondary N) is 3. The highest BCUT2D eigenvalue weighted by atomic mass is 19.3. The van der Waals surface area contributed by atoms with Gasteiger partial charge < -0.3 is 39.7 Å². The van der Waals surface area contributed by atoms with E-state index in [2.05, 4.69) is 25.7 Å². The van der Waals surface area contributed by atoms with Crippen LogP contribution in [0, 0.1) is 17.6 Å². The van der Waals surface area contributed by atoms with Gasteiger partial charge in [0.05, 0.1) is 12.6 Å². The number of aromatic nitrogens is 1. The highest BCUT2D eigenvalue weighted by molar-refractivity contribution is 5.98. The minimum Gasteiger partial charge on any atom is -0.489 e. The van der Waals surface area contributed by atoms with Gasteiger partial charge in [0, 0.05) is 17.2 Å². The topological polar surface area (TPSA) is 178 Å². The molecule has 1 saturated carbocycles. The fourth-order valence-corrected chi connectivity index (χ4v) is 4.48. The van der Waals surface area contributed by atoms with Gasteiger partial charge in [0.2, 0.25) is 11.8 Å². The maximum absolute atomic E-state index is 14.9. The third-order valence-corrected chi connectivity index (χ3v) is 7.11. The molecule has 0 saturated heterocycles. The van der Waals surface area contributed by atoms with Crippen LogP contribution < -0.4 is 25.4 Å². The van der Waals surface area contributed by atoms with Crippen LogP contribution in [0.1, 0.15) is 81.4 Å². The zero-order valence-electron chi connectivity index (χ0n) is 27.6. The van der Waals surface area contributed by atoms with Crippen molar-refractivity contribution >= 4 is 23.9 Å². The van der Waals surface area contributed by atoms with Gasteiger partial charge in [-0.2, -0.15) is 8.78 Å². The van der Waals surface area contributed by atoms with E-state index in [4.69, 9.17) is 13.9 Å². The molecule has 0 spiro atoms. The second kappa shape index (κ2) is 15.5. The van der Waals surface area contributed by atoms with E-state index < -0.39 is 77.1 Å². The van der Waals surface area contributed by atoms with Gasteiger partial charge in [-0.25, -0.2) is 18.6 Å². The van der Waals surface area contributed by atoms with Gasteiger partial charge in [-0.05, 0) is 77.6 Å². The molecule has 17 heteroatoms. The Labute approximate surface area is 283 Å². The van der Waals surface area contributed by atoms with Gasteiger partial charge in [0.1, 0.15) is 29.3 Å². The van der Waals surface area contributed by atoms with E-state index in [-0.39, 0.29) is 41.2 Å². The number of rotatable bonds is 14. The Balaban J connectivity index is 1.76. The molecule has 3 atom stereocenters. The van der Waals surface area contributed by atoms with Gasteiger partial charge in [-0.3, -0.25) is 14.4 Å². The maximum atomic E-state index is 14.9. The lowest BCUT2D eigenvalue weighted by atomic mass is 10.0. The normalized spacial score (nSPS) is 14.7. The lowest BCUT2D eigenvalue weighted by Crippen LogP contribution is -2.46. The molecule has 3 amide bonds. The van der Waals surface area contributed by atoms with E-state index in [0.717, 1.165) is 31.9 Å². The number of oxazole rings is 1. The Morgan fingerprint density at radius 1 is 1.00 bits per heavy atom. The Morgan fingerprint density at radius 3 is 2.30 bits per heavy atom. The van der Waals surface area contributed by atoms with Crippen LogP contribution in [-0.4, -0.2) is 58.8 Å². The van der Waals surface area contributed by atoms with E-state index >= 15 is 0 Å². The minimum atomic E-state index is -3.15. The number of alkyl carbamates (subject to hydrolysis) is 1. The lowest BCUT2D eigenvalue weighted by Gasteiger charge is -2.22. The smallest absolute Gasteiger partial charge is 0.408 e. The Bertz CT molecular complexity index is 1740. The standard InChI is InChI=1S/C33H36F4N4O9/c1-15(39-32(46)50-33(3,4)5)26-25(28(43)40-24(27(42)38-16(2)30(44)45)20-10-9-19(34)13-21(20)35)41-29(49-26)18-8-11-22(48-31(36)37)23(12-18)47-14-17-6-7-17/h8-13,15-17,24,31H,6-7,14H2,1-5H3,(H,38,42)(H,39,46)(H,40,43)(H,44,45)/t15-,16-,24?/m0/s1. The van der Waals surface area contributed by atoms with Crippen LogP contribution in [0.4, 0.5) is 22.4 Å². The number of nitrogens with zero attached hydrogens (tertiary/aromatic N) is 1. The third kappa shape index (κ3) is 10.1. The second-order valence-electron chi connectivity index (χ2n) is 12.5. The number of benzene rings is 2. The number of alkyl halides is 2. The molecule has 0 radical (unpaired) electrons. The molecule has 2 aromatic carbocycles.